The summed E-state index contributed by atoms with van der Waals surface area (Å²) in [5, 5.41) is 0. The van der Waals surface area contributed by atoms with E-state index in [4.69, 9.17) is 0 Å². The van der Waals surface area contributed by atoms with Crippen LogP contribution >= 0.6 is 0 Å². The molecule has 0 aromatic heterocycles. The fourth-order valence-corrected chi connectivity index (χ4v) is 30.0. The van der Waals surface area contributed by atoms with Gasteiger partial charge in [0, 0.05) is 0 Å². The van der Waals surface area contributed by atoms with Crippen molar-refractivity contribution >= 4 is 35.2 Å². The summed E-state index contributed by atoms with van der Waals surface area (Å²) in [4.78, 5) is 0. The molecule has 0 atom stereocenters. The molecule has 0 nitrogen and oxygen atoms in total. The van der Waals surface area contributed by atoms with E-state index in [0.29, 0.717) is 0 Å². The van der Waals surface area contributed by atoms with E-state index >= 15 is 0 Å². The van der Waals surface area contributed by atoms with Gasteiger partial charge in [0.15, 0.2) is 0 Å². The molecule has 14 aromatic rings. The second-order valence-corrected chi connectivity index (χ2v) is 49.7. The summed E-state index contributed by atoms with van der Waals surface area (Å²) >= 11 is -0.498. The van der Waals surface area contributed by atoms with Crippen molar-refractivity contribution in [2.24, 2.45) is 0 Å². The fraction of sp³-hybridized carbons (Fsp3) is 0.364. The Balaban J connectivity index is 1.21. The fourth-order valence-electron chi connectivity index (χ4n) is 21.6. The van der Waals surface area contributed by atoms with Gasteiger partial charge >= 0.3 is 829 Å². The quantitative estimate of drug-likeness (QED) is 0.0380. The minimum absolute atomic E-state index is 0.249. The summed E-state index contributed by atoms with van der Waals surface area (Å²) < 4.78 is 2.86. The first-order valence-electron chi connectivity index (χ1n) is 51.0. The molecule has 2 heteroatoms. The standard InChI is InChI=1S/C132H154Se2/c1-75(2)103-43-33-44-104(76(3)4)123(103)95-63-91(64-96(71-95)124-105(77(5)6)45-34-46-106(124)78(7)8)119-59-41-60-120(92-65-97(125-107(79(9)10)47-35-48-108(125)80(11)12)72-98(66-92)126-109(81(13)14)49-36-50-110(126)82(15)16)131(119)133-134-132-121(93-67-99(127-111(83(17)18)51-37-52-112(127)84(19)20)73-100(68-93)128-113(85(21)22)53-38-54-114(128)86(23)24)61-42-62-122(132)94-69-101(129-115(87(25)26)55-39-56-116(129)88(27)28)74-102(70-94)130-117(89(29)30)57-40-58-118(130)90(31)32/h33-90H,1-32H3. The molecule has 0 amide bonds. The average molecular weight is 1900 g/mol. The Kier molecular flexibility index (Phi) is 31.7. The monoisotopic (exact) mass is 1900 g/mol. The topological polar surface area (TPSA) is 0 Å². The van der Waals surface area contributed by atoms with E-state index in [1.54, 1.807) is 0 Å². The third-order valence-corrected chi connectivity index (χ3v) is 35.8. The second kappa shape index (κ2) is 42.4. The van der Waals surface area contributed by atoms with Gasteiger partial charge in [-0.15, -0.1) is 0 Å². The van der Waals surface area contributed by atoms with Gasteiger partial charge < -0.3 is 0 Å². The number of hydrogen-bond acceptors (Lipinski definition) is 0. The van der Waals surface area contributed by atoms with Gasteiger partial charge in [-0.2, -0.15) is 0 Å². The van der Waals surface area contributed by atoms with E-state index in [0.717, 1.165) is 0 Å². The van der Waals surface area contributed by atoms with Crippen molar-refractivity contribution in [3.63, 3.8) is 0 Å². The Hall–Kier alpha value is -9.88. The van der Waals surface area contributed by atoms with E-state index in [1.165, 1.54) is 231 Å². The van der Waals surface area contributed by atoms with Crippen molar-refractivity contribution in [3.8, 4) is 134 Å². The van der Waals surface area contributed by atoms with Crippen LogP contribution in [0.1, 0.15) is 405 Å². The first-order valence-corrected chi connectivity index (χ1v) is 57.1. The zero-order valence-corrected chi connectivity index (χ0v) is 90.7. The Morgan fingerprint density at radius 1 is 0.119 bits per heavy atom. The first kappa shape index (κ1) is 100. The second-order valence-electron chi connectivity index (χ2n) is 43.7. The van der Waals surface area contributed by atoms with Gasteiger partial charge in [-0.05, 0) is 0 Å². The van der Waals surface area contributed by atoms with Crippen molar-refractivity contribution in [1.29, 1.82) is 0 Å². The van der Waals surface area contributed by atoms with E-state index in [9.17, 15) is 0 Å². The summed E-state index contributed by atoms with van der Waals surface area (Å²) in [6.07, 6.45) is 0. The third-order valence-electron chi connectivity index (χ3n) is 28.5. The van der Waals surface area contributed by atoms with Gasteiger partial charge in [0.1, 0.15) is 0 Å². The molecule has 14 aromatic carbocycles. The third kappa shape index (κ3) is 20.6. The maximum atomic E-state index is 2.65. The summed E-state index contributed by atoms with van der Waals surface area (Å²) in [7, 11) is 0. The molecule has 0 N–H and O–H groups in total. The molecule has 0 radical (unpaired) electrons. The molecule has 0 aliphatic rings. The van der Waals surface area contributed by atoms with E-state index in [-0.39, 0.29) is 121 Å². The van der Waals surface area contributed by atoms with Crippen LogP contribution < -0.4 is 8.92 Å². The average Bonchev–Trinajstić information content (AvgIpc) is 0.752. The molecule has 0 aliphatic carbocycles. The maximum absolute atomic E-state index is 2.65. The molecule has 14 rings (SSSR count). The van der Waals surface area contributed by atoms with Crippen LogP contribution in [0.2, 0.25) is 0 Å². The molecule has 0 saturated heterocycles. The summed E-state index contributed by atoms with van der Waals surface area (Å²) in [6, 6.07) is 104. The van der Waals surface area contributed by atoms with Gasteiger partial charge in [-0.1, -0.05) is 0 Å². The van der Waals surface area contributed by atoms with Crippen molar-refractivity contribution in [2.45, 2.75) is 316 Å². The van der Waals surface area contributed by atoms with Gasteiger partial charge in [0.2, 0.25) is 0 Å². The van der Waals surface area contributed by atoms with Crippen LogP contribution in [0.3, 0.4) is 0 Å². The van der Waals surface area contributed by atoms with Crippen molar-refractivity contribution in [2.75, 3.05) is 0 Å². The molecule has 0 fully saturated rings. The molecule has 0 unspecified atom stereocenters. The molecule has 0 saturated carbocycles. The Morgan fingerprint density at radius 2 is 0.209 bits per heavy atom. The van der Waals surface area contributed by atoms with Crippen LogP contribution in [0.5, 0.6) is 0 Å². The van der Waals surface area contributed by atoms with Gasteiger partial charge in [-0.3, -0.25) is 0 Å². The first-order chi connectivity index (χ1) is 63.8. The summed E-state index contributed by atoms with van der Waals surface area (Å²) in [6.45, 7) is 77.0. The van der Waals surface area contributed by atoms with E-state index in [1.807, 2.05) is 0 Å². The Labute approximate surface area is 822 Å². The molecule has 0 heterocycles. The zero-order chi connectivity index (χ0) is 96.6. The van der Waals surface area contributed by atoms with Crippen LogP contribution in [0.4, 0.5) is 0 Å². The summed E-state index contributed by atoms with van der Waals surface area (Å²) in [5.41, 5.74) is 53.8. The number of benzene rings is 14. The zero-order valence-electron chi connectivity index (χ0n) is 87.3. The number of hydrogen-bond donors (Lipinski definition) is 0. The molecule has 694 valence electrons. The van der Waals surface area contributed by atoms with Crippen LogP contribution in [0.25, 0.3) is 134 Å². The predicted octanol–water partition coefficient (Wildman–Crippen LogP) is 38.9. The SMILES string of the molecule is CC(C)c1cccc(C(C)C)c1-c1cc(-c2cccc(-c3cc(-c4c(C(C)C)cccc4C(C)C)cc(-c4c(C(C)C)cccc4C(C)C)c3)c2[Se][Se]c2c(-c3cc(-c4c(C(C)C)cccc4C(C)C)cc(-c4c(C(C)C)cccc4C(C)C)c3)cccc2-c2cc(-c3c(C(C)C)cccc3C(C)C)cc(-c3c(C(C)C)cccc3C(C)C)c2)cc(-c2c(C(C)C)cccc2C(C)C)c1. The van der Waals surface area contributed by atoms with Crippen LogP contribution in [-0.4, -0.2) is 26.3 Å². The molecular weight excluding hydrogens is 1740 g/mol. The molecule has 0 aliphatic heterocycles. The molecule has 134 heavy (non-hydrogen) atoms. The van der Waals surface area contributed by atoms with Crippen molar-refractivity contribution in [3.05, 3.63) is 344 Å². The molecule has 0 spiro atoms. The van der Waals surface area contributed by atoms with E-state index < -0.39 is 0 Å². The Bertz CT molecular complexity index is 5260. The van der Waals surface area contributed by atoms with E-state index in [2.05, 4.69) is 476 Å². The van der Waals surface area contributed by atoms with Crippen LogP contribution in [-0.2, 0) is 0 Å². The van der Waals surface area contributed by atoms with Gasteiger partial charge in [0.05, 0.1) is 0 Å². The predicted molar refractivity (Wildman–Crippen MR) is 594 cm³/mol. The number of rotatable bonds is 31. The van der Waals surface area contributed by atoms with Gasteiger partial charge in [0.25, 0.3) is 0 Å². The molecule has 0 bridgehead atoms. The minimum atomic E-state index is -0.249. The van der Waals surface area contributed by atoms with Crippen molar-refractivity contribution < 1.29 is 0 Å². The Morgan fingerprint density at radius 3 is 0.306 bits per heavy atom. The van der Waals surface area contributed by atoms with Crippen LogP contribution in [0, 0.1) is 0 Å². The summed E-state index contributed by atoms with van der Waals surface area (Å²) in [5.74, 6) is 4.48. The molecular formula is C132H154Se2. The van der Waals surface area contributed by atoms with Crippen LogP contribution in [0.15, 0.2) is 255 Å². The van der Waals surface area contributed by atoms with Crippen molar-refractivity contribution in [1.82, 2.24) is 0 Å². The van der Waals surface area contributed by atoms with Gasteiger partial charge in [-0.25, -0.2) is 0 Å². The normalized spacial score (nSPS) is 12.3.